The highest BCUT2D eigenvalue weighted by Crippen LogP contribution is 2.05. The Morgan fingerprint density at radius 2 is 2.47 bits per heavy atom. The third-order valence-electron chi connectivity index (χ3n) is 2.06. The van der Waals surface area contributed by atoms with Gasteiger partial charge in [0.1, 0.15) is 0 Å². The first-order valence-electron chi connectivity index (χ1n) is 5.21. The van der Waals surface area contributed by atoms with Crippen LogP contribution in [0.1, 0.15) is 31.1 Å². The Kier molecular flexibility index (Phi) is 5.84. The van der Waals surface area contributed by atoms with E-state index in [4.69, 9.17) is 0 Å². The fourth-order valence-corrected chi connectivity index (χ4v) is 1.68. The van der Waals surface area contributed by atoms with Crippen LogP contribution in [0.2, 0.25) is 0 Å². The Balaban J connectivity index is 2.22. The van der Waals surface area contributed by atoms with Gasteiger partial charge < -0.3 is 5.11 Å². The predicted octanol–water partition coefficient (Wildman–Crippen LogP) is 3.21. The van der Waals surface area contributed by atoms with Crippen molar-refractivity contribution < 1.29 is 5.11 Å². The lowest BCUT2D eigenvalue weighted by molar-refractivity contribution is 0.161. The van der Waals surface area contributed by atoms with Gasteiger partial charge in [-0.05, 0) is 36.8 Å². The molecule has 1 unspecified atom stereocenters. The van der Waals surface area contributed by atoms with E-state index < -0.39 is 0 Å². The van der Waals surface area contributed by atoms with Gasteiger partial charge in [0.15, 0.2) is 0 Å². The second-order valence-electron chi connectivity index (χ2n) is 3.29. The van der Waals surface area contributed by atoms with Crippen molar-refractivity contribution in [3.05, 3.63) is 34.5 Å². The Labute approximate surface area is 95.5 Å². The molecule has 1 nitrogen and oxygen atoms in total. The maximum Gasteiger partial charge on any atom is 0.0771 e. The minimum atomic E-state index is -0.167. The zero-order valence-corrected chi connectivity index (χ0v) is 9.76. The highest BCUT2D eigenvalue weighted by molar-refractivity contribution is 7.10. The van der Waals surface area contributed by atoms with Crippen LogP contribution in [-0.4, -0.2) is 11.2 Å². The lowest BCUT2D eigenvalue weighted by atomic mass is 10.1. The van der Waals surface area contributed by atoms with Gasteiger partial charge in [0.25, 0.3) is 0 Å². The van der Waals surface area contributed by atoms with Crippen LogP contribution < -0.4 is 0 Å². The summed E-state index contributed by atoms with van der Waals surface area (Å²) in [6, 6.07) is 4.00. The molecule has 0 aliphatic heterocycles. The molecule has 0 aliphatic rings. The van der Waals surface area contributed by atoms with Crippen LogP contribution in [-0.2, 0) is 0 Å². The summed E-state index contributed by atoms with van der Waals surface area (Å²) in [5, 5.41) is 11.3. The van der Waals surface area contributed by atoms with Gasteiger partial charge in [-0.2, -0.15) is 0 Å². The van der Waals surface area contributed by atoms with Crippen LogP contribution in [0, 0.1) is 11.8 Å². The SMILES string of the molecule is CCC(O)CC/C=C/C#Cc1cccs1. The summed E-state index contributed by atoms with van der Waals surface area (Å²) in [6.45, 7) is 1.99. The minimum absolute atomic E-state index is 0.167. The van der Waals surface area contributed by atoms with Crippen molar-refractivity contribution in [2.45, 2.75) is 32.3 Å². The molecule has 1 heterocycles. The van der Waals surface area contributed by atoms with Crippen molar-refractivity contribution >= 4 is 11.3 Å². The molecular formula is C13H16OS. The lowest BCUT2D eigenvalue weighted by Gasteiger charge is -2.02. The molecule has 0 spiro atoms. The summed E-state index contributed by atoms with van der Waals surface area (Å²) in [6.07, 6.45) is 6.26. The van der Waals surface area contributed by atoms with Crippen molar-refractivity contribution in [2.75, 3.05) is 0 Å². The largest absolute Gasteiger partial charge is 0.393 e. The molecule has 1 atom stereocenters. The topological polar surface area (TPSA) is 20.2 Å². The molecule has 0 radical (unpaired) electrons. The third kappa shape index (κ3) is 5.41. The summed E-state index contributed by atoms with van der Waals surface area (Å²) in [5.41, 5.74) is 0. The first kappa shape index (κ1) is 12.0. The number of hydrogen-bond acceptors (Lipinski definition) is 2. The van der Waals surface area contributed by atoms with Crippen molar-refractivity contribution in [1.29, 1.82) is 0 Å². The number of thiophene rings is 1. The lowest BCUT2D eigenvalue weighted by Crippen LogP contribution is -2.02. The maximum atomic E-state index is 9.30. The fourth-order valence-electron chi connectivity index (χ4n) is 1.10. The number of rotatable bonds is 4. The van der Waals surface area contributed by atoms with Gasteiger partial charge in [0.05, 0.1) is 11.0 Å². The highest BCUT2D eigenvalue weighted by Gasteiger charge is 1.96. The number of aliphatic hydroxyl groups is 1. The van der Waals surface area contributed by atoms with Gasteiger partial charge in [0.2, 0.25) is 0 Å². The minimum Gasteiger partial charge on any atom is -0.393 e. The van der Waals surface area contributed by atoms with E-state index in [9.17, 15) is 5.11 Å². The molecule has 80 valence electrons. The van der Waals surface area contributed by atoms with Gasteiger partial charge in [0, 0.05) is 0 Å². The molecule has 15 heavy (non-hydrogen) atoms. The number of hydrogen-bond donors (Lipinski definition) is 1. The number of allylic oxidation sites excluding steroid dienone is 2. The van der Waals surface area contributed by atoms with E-state index in [1.807, 2.05) is 36.6 Å². The fraction of sp³-hybridized carbons (Fsp3) is 0.385. The summed E-state index contributed by atoms with van der Waals surface area (Å²) < 4.78 is 0. The molecule has 0 bridgehead atoms. The van der Waals surface area contributed by atoms with Crippen molar-refractivity contribution in [1.82, 2.24) is 0 Å². The van der Waals surface area contributed by atoms with Crippen molar-refractivity contribution in [3.63, 3.8) is 0 Å². The monoisotopic (exact) mass is 220 g/mol. The maximum absolute atomic E-state index is 9.30. The Morgan fingerprint density at radius 1 is 1.60 bits per heavy atom. The molecule has 0 aromatic carbocycles. The van der Waals surface area contributed by atoms with Crippen molar-refractivity contribution in [3.8, 4) is 11.8 Å². The average Bonchev–Trinajstić information content (AvgIpc) is 2.75. The second kappa shape index (κ2) is 7.28. The third-order valence-corrected chi connectivity index (χ3v) is 2.84. The van der Waals surface area contributed by atoms with Crippen LogP contribution in [0.3, 0.4) is 0 Å². The van der Waals surface area contributed by atoms with E-state index in [1.165, 1.54) is 0 Å². The molecule has 0 aliphatic carbocycles. The Hall–Kier alpha value is -1.04. The van der Waals surface area contributed by atoms with Crippen LogP contribution >= 0.6 is 11.3 Å². The molecule has 0 saturated carbocycles. The van der Waals surface area contributed by atoms with Crippen LogP contribution in [0.5, 0.6) is 0 Å². The van der Waals surface area contributed by atoms with Gasteiger partial charge in [-0.3, -0.25) is 0 Å². The highest BCUT2D eigenvalue weighted by atomic mass is 32.1. The zero-order chi connectivity index (χ0) is 10.9. The van der Waals surface area contributed by atoms with Gasteiger partial charge in [-0.25, -0.2) is 0 Å². The summed E-state index contributed by atoms with van der Waals surface area (Å²) >= 11 is 1.65. The van der Waals surface area contributed by atoms with Gasteiger partial charge in [-0.1, -0.05) is 30.9 Å². The molecule has 2 heteroatoms. The predicted molar refractivity (Wildman–Crippen MR) is 65.9 cm³/mol. The van der Waals surface area contributed by atoms with Crippen LogP contribution in [0.25, 0.3) is 0 Å². The van der Waals surface area contributed by atoms with Gasteiger partial charge in [-0.15, -0.1) is 11.3 Å². The van der Waals surface area contributed by atoms with Gasteiger partial charge >= 0.3 is 0 Å². The van der Waals surface area contributed by atoms with Crippen LogP contribution in [0.4, 0.5) is 0 Å². The second-order valence-corrected chi connectivity index (χ2v) is 4.24. The number of aliphatic hydroxyl groups excluding tert-OH is 1. The summed E-state index contributed by atoms with van der Waals surface area (Å²) in [7, 11) is 0. The summed E-state index contributed by atoms with van der Waals surface area (Å²) in [4.78, 5) is 1.09. The first-order valence-corrected chi connectivity index (χ1v) is 6.09. The molecule has 0 fully saturated rings. The van der Waals surface area contributed by atoms with E-state index in [0.717, 1.165) is 24.1 Å². The standard InChI is InChI=1S/C13H16OS/c1-2-12(14)8-5-3-4-6-9-13-10-7-11-15-13/h3-4,7,10-12,14H,2,5,8H2,1H3/b4-3+. The van der Waals surface area contributed by atoms with E-state index >= 15 is 0 Å². The first-order chi connectivity index (χ1) is 7.33. The molecule has 1 N–H and O–H groups in total. The van der Waals surface area contributed by atoms with Crippen molar-refractivity contribution in [2.24, 2.45) is 0 Å². The molecule has 0 amide bonds. The quantitative estimate of drug-likeness (QED) is 0.773. The zero-order valence-electron chi connectivity index (χ0n) is 8.94. The molecule has 1 rings (SSSR count). The normalized spacial score (nSPS) is 12.4. The van der Waals surface area contributed by atoms with Crippen LogP contribution in [0.15, 0.2) is 29.7 Å². The van der Waals surface area contributed by atoms with E-state index in [2.05, 4.69) is 11.8 Å². The molecule has 1 aromatic heterocycles. The van der Waals surface area contributed by atoms with E-state index in [-0.39, 0.29) is 6.10 Å². The Bertz CT molecular complexity index is 340. The average molecular weight is 220 g/mol. The van der Waals surface area contributed by atoms with E-state index in [1.54, 1.807) is 11.3 Å². The molecule has 0 saturated heterocycles. The Morgan fingerprint density at radius 3 is 3.13 bits per heavy atom. The van der Waals surface area contributed by atoms with E-state index in [0.29, 0.717) is 0 Å². The smallest absolute Gasteiger partial charge is 0.0771 e. The molecule has 1 aromatic rings. The summed E-state index contributed by atoms with van der Waals surface area (Å²) in [5.74, 6) is 6.02. The molecular weight excluding hydrogens is 204 g/mol.